The zero-order chi connectivity index (χ0) is 22.8. The average Bonchev–Trinajstić information content (AvgIpc) is 2.78. The van der Waals surface area contributed by atoms with Gasteiger partial charge in [-0.25, -0.2) is 9.59 Å². The number of nitrogens with one attached hydrogen (secondary N) is 2. The van der Waals surface area contributed by atoms with E-state index in [2.05, 4.69) is 10.6 Å². The van der Waals surface area contributed by atoms with Gasteiger partial charge in [0.25, 0.3) is 11.8 Å². The Morgan fingerprint density at radius 3 is 1.27 bits per heavy atom. The van der Waals surface area contributed by atoms with E-state index in [1.54, 1.807) is 0 Å². The van der Waals surface area contributed by atoms with Crippen LogP contribution in [-0.4, -0.2) is 50.1 Å². The number of benzene rings is 1. The fraction of sp³-hybridized carbons (Fsp3) is 0.545. The summed E-state index contributed by atoms with van der Waals surface area (Å²) in [4.78, 5) is 49.0. The lowest BCUT2D eigenvalue weighted by atomic mass is 9.98. The van der Waals surface area contributed by atoms with E-state index in [0.29, 0.717) is 24.0 Å². The summed E-state index contributed by atoms with van der Waals surface area (Å²) in [7, 11) is 2.55. The largest absolute Gasteiger partial charge is 0.467 e. The van der Waals surface area contributed by atoms with Crippen molar-refractivity contribution in [1.82, 2.24) is 10.6 Å². The Balaban J connectivity index is 2.91. The van der Waals surface area contributed by atoms with Crippen molar-refractivity contribution in [3.05, 3.63) is 35.4 Å². The molecule has 0 aliphatic rings. The first-order valence-electron chi connectivity index (χ1n) is 10.1. The van der Waals surface area contributed by atoms with Crippen LogP contribution in [0, 0.1) is 11.8 Å². The molecule has 2 amide bonds. The fourth-order valence-corrected chi connectivity index (χ4v) is 2.81. The average molecular weight is 421 g/mol. The highest BCUT2D eigenvalue weighted by Gasteiger charge is 2.28. The number of carbonyl (C=O) groups excluding carboxylic acids is 4. The topological polar surface area (TPSA) is 111 Å². The first kappa shape index (κ1) is 25.1. The number of hydrogen-bond donors (Lipinski definition) is 2. The van der Waals surface area contributed by atoms with Crippen molar-refractivity contribution in [1.29, 1.82) is 0 Å². The smallest absolute Gasteiger partial charge is 0.328 e. The van der Waals surface area contributed by atoms with E-state index in [9.17, 15) is 19.2 Å². The zero-order valence-electron chi connectivity index (χ0n) is 18.5. The molecule has 0 saturated heterocycles. The van der Waals surface area contributed by atoms with Crippen molar-refractivity contribution < 1.29 is 28.7 Å². The highest BCUT2D eigenvalue weighted by Crippen LogP contribution is 2.13. The Kier molecular flexibility index (Phi) is 10.0. The highest BCUT2D eigenvalue weighted by atomic mass is 16.5. The van der Waals surface area contributed by atoms with Crippen LogP contribution in [0.2, 0.25) is 0 Å². The third-order valence-electron chi connectivity index (χ3n) is 5.32. The zero-order valence-corrected chi connectivity index (χ0v) is 18.5. The Hall–Kier alpha value is -2.90. The Morgan fingerprint density at radius 1 is 0.733 bits per heavy atom. The number of hydrogen-bond acceptors (Lipinski definition) is 6. The number of ether oxygens (including phenoxy) is 2. The maximum atomic E-state index is 12.5. The first-order valence-corrected chi connectivity index (χ1v) is 10.1. The minimum absolute atomic E-state index is 0.0951. The van der Waals surface area contributed by atoms with Crippen LogP contribution in [0.3, 0.4) is 0 Å². The molecule has 30 heavy (non-hydrogen) atoms. The van der Waals surface area contributed by atoms with Gasteiger partial charge in [-0.1, -0.05) is 40.5 Å². The SMILES string of the molecule is CCC(C)[C@H](NC(=O)c1ccc(C(=O)N[C@H](C(=O)OC)C(C)CC)cc1)C(=O)OC. The van der Waals surface area contributed by atoms with Gasteiger partial charge in [-0.3, -0.25) is 9.59 Å². The minimum atomic E-state index is -0.758. The summed E-state index contributed by atoms with van der Waals surface area (Å²) in [6, 6.07) is 4.45. The molecule has 1 rings (SSSR count). The molecule has 0 aliphatic carbocycles. The Morgan fingerprint density at radius 2 is 1.03 bits per heavy atom. The number of esters is 2. The molecule has 0 saturated carbocycles. The van der Waals surface area contributed by atoms with Crippen LogP contribution in [0.25, 0.3) is 0 Å². The van der Waals surface area contributed by atoms with Crippen molar-refractivity contribution in [3.8, 4) is 0 Å². The van der Waals surface area contributed by atoms with Gasteiger partial charge in [-0.2, -0.15) is 0 Å². The van der Waals surface area contributed by atoms with Gasteiger partial charge in [0.15, 0.2) is 0 Å². The summed E-state index contributed by atoms with van der Waals surface area (Å²) >= 11 is 0. The van der Waals surface area contributed by atoms with Crippen LogP contribution >= 0.6 is 0 Å². The van der Waals surface area contributed by atoms with Crippen LogP contribution < -0.4 is 10.6 Å². The van der Waals surface area contributed by atoms with E-state index >= 15 is 0 Å². The van der Waals surface area contributed by atoms with Gasteiger partial charge >= 0.3 is 11.9 Å². The van der Waals surface area contributed by atoms with E-state index in [-0.39, 0.29) is 11.8 Å². The standard InChI is InChI=1S/C22H32N2O6/c1-7-13(3)17(21(27)29-5)23-19(25)15-9-11-16(12-10-15)20(26)24-18(14(4)8-2)22(28)30-6/h9-14,17-18H,7-8H2,1-6H3,(H,23,25)(H,24,26)/t13?,14?,17-,18-/m0/s1. The maximum Gasteiger partial charge on any atom is 0.328 e. The third kappa shape index (κ3) is 6.57. The van der Waals surface area contributed by atoms with Crippen LogP contribution in [0.15, 0.2) is 24.3 Å². The molecule has 4 atom stereocenters. The molecule has 0 aliphatic heterocycles. The fourth-order valence-electron chi connectivity index (χ4n) is 2.81. The predicted molar refractivity (Wildman–Crippen MR) is 112 cm³/mol. The summed E-state index contributed by atoms with van der Waals surface area (Å²) in [5.41, 5.74) is 0.602. The summed E-state index contributed by atoms with van der Waals surface area (Å²) in [6.07, 6.45) is 1.38. The van der Waals surface area contributed by atoms with Crippen LogP contribution in [0.4, 0.5) is 0 Å². The number of methoxy groups -OCH3 is 2. The summed E-state index contributed by atoms with van der Waals surface area (Å²) < 4.78 is 9.54. The van der Waals surface area contributed by atoms with E-state index in [1.807, 2.05) is 27.7 Å². The quantitative estimate of drug-likeness (QED) is 0.562. The van der Waals surface area contributed by atoms with E-state index in [4.69, 9.17) is 9.47 Å². The molecule has 0 spiro atoms. The molecule has 0 fully saturated rings. The molecule has 1 aromatic carbocycles. The molecule has 2 unspecified atom stereocenters. The monoisotopic (exact) mass is 420 g/mol. The number of amides is 2. The highest BCUT2D eigenvalue weighted by molar-refractivity contribution is 6.00. The predicted octanol–water partition coefficient (Wildman–Crippen LogP) is 2.32. The summed E-state index contributed by atoms with van der Waals surface area (Å²) in [5, 5.41) is 5.37. The molecule has 1 aromatic rings. The van der Waals surface area contributed by atoms with Gasteiger partial charge < -0.3 is 20.1 Å². The van der Waals surface area contributed by atoms with Crippen molar-refractivity contribution in [2.45, 2.75) is 52.6 Å². The Bertz CT molecular complexity index is 683. The van der Waals surface area contributed by atoms with Crippen molar-refractivity contribution in [2.24, 2.45) is 11.8 Å². The van der Waals surface area contributed by atoms with Crippen molar-refractivity contribution in [3.63, 3.8) is 0 Å². The number of carbonyl (C=O) groups is 4. The van der Waals surface area contributed by atoms with Gasteiger partial charge in [0.05, 0.1) is 14.2 Å². The summed E-state index contributed by atoms with van der Waals surface area (Å²) in [5.74, 6) is -2.08. The van der Waals surface area contributed by atoms with Crippen molar-refractivity contribution >= 4 is 23.8 Å². The lowest BCUT2D eigenvalue weighted by Gasteiger charge is -2.22. The number of rotatable bonds is 10. The Labute approximate surface area is 177 Å². The normalized spacial score (nSPS) is 14.6. The van der Waals surface area contributed by atoms with Crippen LogP contribution in [0.5, 0.6) is 0 Å². The maximum absolute atomic E-state index is 12.5. The van der Waals surface area contributed by atoms with Gasteiger partial charge in [0.1, 0.15) is 12.1 Å². The van der Waals surface area contributed by atoms with Gasteiger partial charge in [0, 0.05) is 11.1 Å². The molecule has 8 heteroatoms. The minimum Gasteiger partial charge on any atom is -0.467 e. The van der Waals surface area contributed by atoms with Crippen LogP contribution in [0.1, 0.15) is 61.3 Å². The van der Waals surface area contributed by atoms with Crippen LogP contribution in [-0.2, 0) is 19.1 Å². The molecule has 0 radical (unpaired) electrons. The first-order chi connectivity index (χ1) is 14.2. The molecule has 0 bridgehead atoms. The lowest BCUT2D eigenvalue weighted by Crippen LogP contribution is -2.46. The molecular weight excluding hydrogens is 388 g/mol. The molecule has 166 valence electrons. The van der Waals surface area contributed by atoms with E-state index in [0.717, 1.165) is 0 Å². The lowest BCUT2D eigenvalue weighted by molar-refractivity contribution is -0.145. The molecule has 8 nitrogen and oxygen atoms in total. The van der Waals surface area contributed by atoms with Gasteiger partial charge in [-0.05, 0) is 36.1 Å². The molecule has 2 N–H and O–H groups in total. The van der Waals surface area contributed by atoms with E-state index < -0.39 is 35.8 Å². The second-order valence-corrected chi connectivity index (χ2v) is 7.30. The van der Waals surface area contributed by atoms with Gasteiger partial charge in [-0.15, -0.1) is 0 Å². The third-order valence-corrected chi connectivity index (χ3v) is 5.32. The summed E-state index contributed by atoms with van der Waals surface area (Å²) in [6.45, 7) is 7.54. The van der Waals surface area contributed by atoms with Gasteiger partial charge in [0.2, 0.25) is 0 Å². The molecular formula is C22H32N2O6. The second kappa shape index (κ2) is 11.9. The molecule has 0 heterocycles. The van der Waals surface area contributed by atoms with E-state index in [1.165, 1.54) is 38.5 Å². The molecule has 0 aromatic heterocycles. The van der Waals surface area contributed by atoms with Crippen molar-refractivity contribution in [2.75, 3.05) is 14.2 Å². The second-order valence-electron chi connectivity index (χ2n) is 7.30.